The molecule has 0 spiro atoms. The Labute approximate surface area is 355 Å². The highest BCUT2D eigenvalue weighted by atomic mass is 17.2. The summed E-state index contributed by atoms with van der Waals surface area (Å²) in [6.45, 7) is 10.8. The van der Waals surface area contributed by atoms with Crippen molar-refractivity contribution in [1.29, 1.82) is 0 Å². The second-order valence-electron chi connectivity index (χ2n) is 15.8. The normalized spacial score (nSPS) is 14.2. The molecular weight excluding hydrogens is 773 g/mol. The van der Waals surface area contributed by atoms with Crippen molar-refractivity contribution in [1.82, 2.24) is 14.8 Å². The minimum absolute atomic E-state index is 0.0180. The van der Waals surface area contributed by atoms with E-state index in [1.807, 2.05) is 116 Å². The van der Waals surface area contributed by atoms with Crippen molar-refractivity contribution in [2.45, 2.75) is 34.1 Å². The lowest BCUT2D eigenvalue weighted by atomic mass is 9.81. The molecule has 314 valence electrons. The first-order valence-corrected chi connectivity index (χ1v) is 20.5. The molecule has 1 fully saturated rings. The Morgan fingerprint density at radius 1 is 0.639 bits per heavy atom. The van der Waals surface area contributed by atoms with E-state index in [4.69, 9.17) is 19.6 Å². The van der Waals surface area contributed by atoms with E-state index in [0.717, 1.165) is 38.5 Å². The summed E-state index contributed by atoms with van der Waals surface area (Å²) in [5.41, 5.74) is 3.41. The van der Waals surface area contributed by atoms with E-state index in [2.05, 4.69) is 9.88 Å². The van der Waals surface area contributed by atoms with E-state index in [1.165, 1.54) is 0 Å². The number of aromatic nitrogens is 1. The summed E-state index contributed by atoms with van der Waals surface area (Å²) in [4.78, 5) is 79.6. The average Bonchev–Trinajstić information content (AvgIpc) is 3.74. The SMILES string of the molecule is CC(C)(C(=O)OOc1ccccc1)C1=CCN(C(=O)c2c[nH]c3ccccc23)CC1.CC(C)C(=O)OOc1cccc(N2CCN(C(=O)c3cccc4ccccc34)CC2)c1. The third-order valence-electron chi connectivity index (χ3n) is 11.0. The van der Waals surface area contributed by atoms with E-state index in [1.54, 1.807) is 55.3 Å². The Morgan fingerprint density at radius 2 is 1.28 bits per heavy atom. The van der Waals surface area contributed by atoms with E-state index in [0.29, 0.717) is 62.8 Å². The fourth-order valence-electron chi connectivity index (χ4n) is 7.30. The number of hydrogen-bond acceptors (Lipinski definition) is 9. The van der Waals surface area contributed by atoms with Crippen LogP contribution in [-0.2, 0) is 19.4 Å². The molecule has 0 unspecified atom stereocenters. The zero-order chi connectivity index (χ0) is 42.9. The number of amides is 2. The third-order valence-corrected chi connectivity index (χ3v) is 11.0. The molecule has 2 aliphatic heterocycles. The predicted octanol–water partition coefficient (Wildman–Crippen LogP) is 8.80. The highest BCUT2D eigenvalue weighted by molar-refractivity contribution is 6.07. The van der Waals surface area contributed by atoms with Crippen LogP contribution in [0.4, 0.5) is 5.69 Å². The van der Waals surface area contributed by atoms with Gasteiger partial charge in [-0.3, -0.25) is 24.3 Å². The number of benzene rings is 5. The maximum atomic E-state index is 13.2. The molecule has 12 heteroatoms. The van der Waals surface area contributed by atoms with Gasteiger partial charge in [0.2, 0.25) is 0 Å². The predicted molar refractivity (Wildman–Crippen MR) is 234 cm³/mol. The van der Waals surface area contributed by atoms with Gasteiger partial charge in [-0.1, -0.05) is 104 Å². The average molecular weight is 823 g/mol. The van der Waals surface area contributed by atoms with Crippen molar-refractivity contribution < 1.29 is 38.7 Å². The number of carbonyl (C=O) groups is 4. The molecule has 3 heterocycles. The fourth-order valence-corrected chi connectivity index (χ4v) is 7.30. The van der Waals surface area contributed by atoms with Crippen molar-refractivity contribution in [2.24, 2.45) is 11.3 Å². The van der Waals surface area contributed by atoms with Gasteiger partial charge in [0.15, 0.2) is 11.5 Å². The monoisotopic (exact) mass is 822 g/mol. The van der Waals surface area contributed by atoms with E-state index in [-0.39, 0.29) is 17.7 Å². The molecule has 0 saturated carbocycles. The Bertz CT molecular complexity index is 2530. The van der Waals surface area contributed by atoms with Crippen LogP contribution >= 0.6 is 0 Å². The number of hydrogen-bond donors (Lipinski definition) is 1. The topological polar surface area (TPSA) is 131 Å². The van der Waals surface area contributed by atoms with Crippen molar-refractivity contribution in [3.05, 3.63) is 150 Å². The Morgan fingerprint density at radius 3 is 2.02 bits per heavy atom. The Kier molecular flexibility index (Phi) is 13.0. The van der Waals surface area contributed by atoms with E-state index in [9.17, 15) is 19.2 Å². The number of rotatable bonds is 10. The highest BCUT2D eigenvalue weighted by Crippen LogP contribution is 2.34. The van der Waals surface area contributed by atoms with Gasteiger partial charge >= 0.3 is 11.9 Å². The van der Waals surface area contributed by atoms with Crippen LogP contribution in [0, 0.1) is 11.3 Å². The van der Waals surface area contributed by atoms with Crippen molar-refractivity contribution in [3.8, 4) is 11.5 Å². The zero-order valence-electron chi connectivity index (χ0n) is 34.8. The number of carbonyl (C=O) groups excluding carboxylic acids is 4. The molecule has 1 aromatic heterocycles. The van der Waals surface area contributed by atoms with Gasteiger partial charge in [0.1, 0.15) is 0 Å². The molecule has 0 radical (unpaired) electrons. The minimum atomic E-state index is -0.843. The van der Waals surface area contributed by atoms with Gasteiger partial charge in [-0.05, 0) is 67.4 Å². The number of piperazine rings is 1. The van der Waals surface area contributed by atoms with Crippen molar-refractivity contribution in [2.75, 3.05) is 44.2 Å². The lowest BCUT2D eigenvalue weighted by Crippen LogP contribution is -2.48. The number of nitrogens with zero attached hydrogens (tertiary/aromatic N) is 3. The third kappa shape index (κ3) is 9.87. The van der Waals surface area contributed by atoms with Crippen LogP contribution in [0.25, 0.3) is 21.7 Å². The van der Waals surface area contributed by atoms with Gasteiger partial charge in [0.05, 0.1) is 16.9 Å². The smallest absolute Gasteiger partial charge is 0.364 e. The molecule has 1 saturated heterocycles. The molecule has 0 aliphatic carbocycles. The molecule has 2 aliphatic rings. The van der Waals surface area contributed by atoms with Gasteiger partial charge in [-0.25, -0.2) is 14.5 Å². The summed E-state index contributed by atoms with van der Waals surface area (Å²) in [5, 5.41) is 2.97. The van der Waals surface area contributed by atoms with Crippen LogP contribution in [0.3, 0.4) is 0 Å². The molecule has 6 aromatic rings. The molecule has 5 aromatic carbocycles. The number of H-pyrrole nitrogens is 1. The fraction of sp³-hybridized carbons (Fsp3) is 0.265. The molecule has 2 amide bonds. The quantitative estimate of drug-likeness (QED) is 0.0819. The number of nitrogens with one attached hydrogen (secondary N) is 1. The number of anilines is 1. The molecule has 0 bridgehead atoms. The van der Waals surface area contributed by atoms with Gasteiger partial charge in [-0.15, -0.1) is 0 Å². The van der Waals surface area contributed by atoms with Crippen LogP contribution < -0.4 is 14.7 Å². The first kappa shape index (κ1) is 42.1. The lowest BCUT2D eigenvalue weighted by molar-refractivity contribution is -0.222. The van der Waals surface area contributed by atoms with Crippen LogP contribution in [0.2, 0.25) is 0 Å². The zero-order valence-corrected chi connectivity index (χ0v) is 34.8. The van der Waals surface area contributed by atoms with E-state index < -0.39 is 17.4 Å². The highest BCUT2D eigenvalue weighted by Gasteiger charge is 2.37. The second kappa shape index (κ2) is 18.9. The van der Waals surface area contributed by atoms with Gasteiger partial charge in [0.25, 0.3) is 11.8 Å². The summed E-state index contributed by atoms with van der Waals surface area (Å²) in [7, 11) is 0. The summed E-state index contributed by atoms with van der Waals surface area (Å²) in [5.74, 6) is -0.143. The molecule has 8 rings (SSSR count). The van der Waals surface area contributed by atoms with Gasteiger partial charge in [0, 0.05) is 73.7 Å². The molecule has 61 heavy (non-hydrogen) atoms. The first-order valence-electron chi connectivity index (χ1n) is 20.5. The minimum Gasteiger partial charge on any atom is -0.368 e. The van der Waals surface area contributed by atoms with Crippen LogP contribution in [-0.4, -0.2) is 77.8 Å². The van der Waals surface area contributed by atoms with Crippen LogP contribution in [0.1, 0.15) is 54.8 Å². The first-order chi connectivity index (χ1) is 29.5. The Balaban J connectivity index is 0.000000184. The van der Waals surface area contributed by atoms with Crippen molar-refractivity contribution in [3.63, 3.8) is 0 Å². The Hall–Kier alpha value is -7.08. The molecule has 12 nitrogen and oxygen atoms in total. The molecule has 0 atom stereocenters. The van der Waals surface area contributed by atoms with E-state index >= 15 is 0 Å². The van der Waals surface area contributed by atoms with Crippen molar-refractivity contribution >= 4 is 51.1 Å². The largest absolute Gasteiger partial charge is 0.368 e. The summed E-state index contributed by atoms with van der Waals surface area (Å²) in [6.07, 6.45) is 4.30. The summed E-state index contributed by atoms with van der Waals surface area (Å²) >= 11 is 0. The molecular formula is C49H50N4O8. The van der Waals surface area contributed by atoms with Gasteiger partial charge in [-0.2, -0.15) is 0 Å². The summed E-state index contributed by atoms with van der Waals surface area (Å²) < 4.78 is 0. The second-order valence-corrected chi connectivity index (χ2v) is 15.8. The molecule has 1 N–H and O–H groups in total. The maximum absolute atomic E-state index is 13.2. The number of fused-ring (bicyclic) bond motifs is 2. The standard InChI is InChI=1S/C25H26N2O4.C24H24N2O4/c1-18(2)25(29)31-30-21-10-6-9-20(17-21)26-13-15-27(16-14-26)24(28)23-12-5-8-19-7-3-4-11-22(19)23;1-24(2,23(28)30-29-18-8-4-3-5-9-18)17-12-14-26(15-13-17)22(27)20-16-25-21-11-7-6-10-19(20)21/h3-12,17-18H,13-16H2,1-2H3;3-12,16,25H,13-15H2,1-2H3. The number of aromatic amines is 1. The maximum Gasteiger partial charge on any atom is 0.364 e. The van der Waals surface area contributed by atoms with Crippen LogP contribution in [0.5, 0.6) is 11.5 Å². The lowest BCUT2D eigenvalue weighted by Gasteiger charge is -2.36. The van der Waals surface area contributed by atoms with Gasteiger partial charge < -0.3 is 19.7 Å². The van der Waals surface area contributed by atoms with Crippen LogP contribution in [0.15, 0.2) is 139 Å². The number of para-hydroxylation sites is 2. The summed E-state index contributed by atoms with van der Waals surface area (Å²) in [6, 6.07) is 37.9.